The lowest BCUT2D eigenvalue weighted by molar-refractivity contribution is 0.00552. The van der Waals surface area contributed by atoms with E-state index in [4.69, 9.17) is 4.74 Å². The summed E-state index contributed by atoms with van der Waals surface area (Å²) in [6.45, 7) is 6.05. The molecule has 14 heavy (non-hydrogen) atoms. The molecule has 0 aromatic heterocycles. The largest absolute Gasteiger partial charge is 0.379 e. The summed E-state index contributed by atoms with van der Waals surface area (Å²) in [6, 6.07) is 0.551. The maximum absolute atomic E-state index is 5.39. The first-order valence-electron chi connectivity index (χ1n) is 5.23. The number of rotatable bonds is 2. The summed E-state index contributed by atoms with van der Waals surface area (Å²) in [6.07, 6.45) is 10.7. The van der Waals surface area contributed by atoms with E-state index in [2.05, 4.69) is 42.2 Å². The summed E-state index contributed by atoms with van der Waals surface area (Å²) in [5.74, 6) is 0. The average Bonchev–Trinajstić information content (AvgIpc) is 2.69. The number of hydrogen-bond acceptors (Lipinski definition) is 2. The van der Waals surface area contributed by atoms with Gasteiger partial charge in [0.15, 0.2) is 0 Å². The maximum Gasteiger partial charge on any atom is 0.0619 e. The molecule has 0 aromatic rings. The molecule has 76 valence electrons. The zero-order valence-corrected chi connectivity index (χ0v) is 8.65. The van der Waals surface area contributed by atoms with Gasteiger partial charge < -0.3 is 4.74 Å². The first-order valence-corrected chi connectivity index (χ1v) is 5.23. The molecule has 1 aliphatic heterocycles. The fourth-order valence-corrected chi connectivity index (χ4v) is 1.78. The van der Waals surface area contributed by atoms with E-state index in [1.54, 1.807) is 0 Å². The monoisotopic (exact) mass is 191 g/mol. The lowest BCUT2D eigenvalue weighted by Crippen LogP contribution is -2.43. The Bertz CT molecular complexity index is 264. The Balaban J connectivity index is 1.87. The van der Waals surface area contributed by atoms with Crippen molar-refractivity contribution in [3.63, 3.8) is 0 Å². The second-order valence-electron chi connectivity index (χ2n) is 3.84. The van der Waals surface area contributed by atoms with Crippen LogP contribution in [0, 0.1) is 0 Å². The van der Waals surface area contributed by atoms with Crippen molar-refractivity contribution in [3.8, 4) is 0 Å². The zero-order valence-electron chi connectivity index (χ0n) is 8.65. The Kier molecular flexibility index (Phi) is 3.17. The second-order valence-corrected chi connectivity index (χ2v) is 3.84. The first kappa shape index (κ1) is 9.69. The zero-order chi connectivity index (χ0) is 9.80. The van der Waals surface area contributed by atoms with E-state index in [9.17, 15) is 0 Å². The Hall–Kier alpha value is -0.860. The van der Waals surface area contributed by atoms with E-state index in [-0.39, 0.29) is 0 Å². The van der Waals surface area contributed by atoms with E-state index in [0.29, 0.717) is 6.04 Å². The minimum absolute atomic E-state index is 0.551. The third-order valence-electron chi connectivity index (χ3n) is 2.76. The predicted octanol–water partition coefficient (Wildman–Crippen LogP) is 1.76. The highest BCUT2D eigenvalue weighted by atomic mass is 16.5. The fraction of sp³-hybridized carbons (Fsp3) is 0.500. The average molecular weight is 191 g/mol. The normalized spacial score (nSPS) is 27.2. The van der Waals surface area contributed by atoms with Crippen molar-refractivity contribution in [2.45, 2.75) is 13.0 Å². The van der Waals surface area contributed by atoms with Crippen LogP contribution in [-0.2, 0) is 4.74 Å². The van der Waals surface area contributed by atoms with Crippen molar-refractivity contribution < 1.29 is 4.74 Å². The lowest BCUT2D eigenvalue weighted by atomic mass is 10.2. The predicted molar refractivity (Wildman–Crippen MR) is 58.2 cm³/mol. The summed E-state index contributed by atoms with van der Waals surface area (Å²) in [5, 5.41) is 0. The molecule has 2 heteroatoms. The smallest absolute Gasteiger partial charge is 0.0619 e. The molecule has 1 aliphatic carbocycles. The van der Waals surface area contributed by atoms with Crippen LogP contribution < -0.4 is 0 Å². The molecule has 2 rings (SSSR count). The van der Waals surface area contributed by atoms with Gasteiger partial charge >= 0.3 is 0 Å². The Morgan fingerprint density at radius 1 is 1.50 bits per heavy atom. The van der Waals surface area contributed by atoms with Gasteiger partial charge in [0.1, 0.15) is 0 Å². The fourth-order valence-electron chi connectivity index (χ4n) is 1.78. The topological polar surface area (TPSA) is 12.5 Å². The maximum atomic E-state index is 5.39. The van der Waals surface area contributed by atoms with Crippen LogP contribution >= 0.6 is 0 Å². The molecule has 1 unspecified atom stereocenters. The molecule has 0 saturated carbocycles. The molecule has 0 spiro atoms. The highest BCUT2D eigenvalue weighted by Gasteiger charge is 2.16. The number of hydrogen-bond donors (Lipinski definition) is 0. The summed E-state index contributed by atoms with van der Waals surface area (Å²) in [7, 11) is 0. The van der Waals surface area contributed by atoms with Crippen LogP contribution in [0.1, 0.15) is 6.92 Å². The standard InChI is InChI=1S/C12H17NO/c1-11-10-14-9-8-13(11)7-6-12-4-2-3-5-12/h2-6,11H,7-10H2,1H3. The van der Waals surface area contributed by atoms with Crippen molar-refractivity contribution >= 4 is 0 Å². The molecule has 1 heterocycles. The molecule has 1 fully saturated rings. The quantitative estimate of drug-likeness (QED) is 0.659. The molecule has 0 amide bonds. The van der Waals surface area contributed by atoms with Crippen molar-refractivity contribution in [1.82, 2.24) is 4.90 Å². The van der Waals surface area contributed by atoms with Gasteiger partial charge in [0.05, 0.1) is 13.2 Å². The molecule has 2 aliphatic rings. The van der Waals surface area contributed by atoms with Gasteiger partial charge in [0.25, 0.3) is 0 Å². The number of allylic oxidation sites excluding steroid dienone is 5. The van der Waals surface area contributed by atoms with Gasteiger partial charge in [0, 0.05) is 19.1 Å². The van der Waals surface area contributed by atoms with Crippen LogP contribution in [0.3, 0.4) is 0 Å². The molecule has 1 atom stereocenters. The second kappa shape index (κ2) is 4.58. The Morgan fingerprint density at radius 3 is 3.00 bits per heavy atom. The summed E-state index contributed by atoms with van der Waals surface area (Å²) in [4.78, 5) is 2.45. The van der Waals surface area contributed by atoms with Gasteiger partial charge in [-0.15, -0.1) is 0 Å². The Labute approximate surface area is 85.5 Å². The number of nitrogens with zero attached hydrogens (tertiary/aromatic N) is 1. The van der Waals surface area contributed by atoms with E-state index >= 15 is 0 Å². The third-order valence-corrected chi connectivity index (χ3v) is 2.76. The number of ether oxygens (including phenoxy) is 1. The highest BCUT2D eigenvalue weighted by molar-refractivity contribution is 5.39. The molecular weight excluding hydrogens is 174 g/mol. The van der Waals surface area contributed by atoms with E-state index in [1.165, 1.54) is 5.57 Å². The molecule has 2 nitrogen and oxygen atoms in total. The molecule has 1 saturated heterocycles. The minimum atomic E-state index is 0.551. The number of morpholine rings is 1. The van der Waals surface area contributed by atoms with Crippen molar-refractivity contribution in [1.29, 1.82) is 0 Å². The van der Waals surface area contributed by atoms with E-state index in [1.807, 2.05) is 0 Å². The van der Waals surface area contributed by atoms with Crippen LogP contribution in [0.5, 0.6) is 0 Å². The SMILES string of the molecule is CC1COCCN1CC=C1C=CC=C1. The van der Waals surface area contributed by atoms with Gasteiger partial charge in [-0.2, -0.15) is 0 Å². The Morgan fingerprint density at radius 2 is 2.29 bits per heavy atom. The first-order chi connectivity index (χ1) is 6.86. The van der Waals surface area contributed by atoms with Crippen LogP contribution in [0.4, 0.5) is 0 Å². The molecule has 0 N–H and O–H groups in total. The van der Waals surface area contributed by atoms with Crippen molar-refractivity contribution in [2.24, 2.45) is 0 Å². The third kappa shape index (κ3) is 2.34. The van der Waals surface area contributed by atoms with Crippen LogP contribution in [0.2, 0.25) is 0 Å². The van der Waals surface area contributed by atoms with E-state index < -0.39 is 0 Å². The molecular formula is C12H17NO. The van der Waals surface area contributed by atoms with Crippen LogP contribution in [0.25, 0.3) is 0 Å². The van der Waals surface area contributed by atoms with Crippen LogP contribution in [0.15, 0.2) is 36.0 Å². The van der Waals surface area contributed by atoms with E-state index in [0.717, 1.165) is 26.3 Å². The molecule has 0 radical (unpaired) electrons. The summed E-state index contributed by atoms with van der Waals surface area (Å²) < 4.78 is 5.39. The lowest BCUT2D eigenvalue weighted by Gasteiger charge is -2.32. The minimum Gasteiger partial charge on any atom is -0.379 e. The molecule has 0 bridgehead atoms. The molecule has 0 aromatic carbocycles. The van der Waals surface area contributed by atoms with Crippen molar-refractivity contribution in [2.75, 3.05) is 26.3 Å². The highest BCUT2D eigenvalue weighted by Crippen LogP contribution is 2.10. The van der Waals surface area contributed by atoms with Crippen molar-refractivity contribution in [3.05, 3.63) is 36.0 Å². The summed E-state index contributed by atoms with van der Waals surface area (Å²) in [5.41, 5.74) is 1.32. The van der Waals surface area contributed by atoms with Gasteiger partial charge in [0.2, 0.25) is 0 Å². The van der Waals surface area contributed by atoms with Gasteiger partial charge in [-0.3, -0.25) is 4.90 Å². The van der Waals surface area contributed by atoms with Gasteiger partial charge in [-0.1, -0.05) is 30.4 Å². The summed E-state index contributed by atoms with van der Waals surface area (Å²) >= 11 is 0. The van der Waals surface area contributed by atoms with Gasteiger partial charge in [-0.25, -0.2) is 0 Å². The van der Waals surface area contributed by atoms with Gasteiger partial charge in [-0.05, 0) is 12.5 Å². The van der Waals surface area contributed by atoms with Crippen LogP contribution in [-0.4, -0.2) is 37.2 Å².